The first kappa shape index (κ1) is 13.9. The third-order valence-corrected chi connectivity index (χ3v) is 4.10. The summed E-state index contributed by atoms with van der Waals surface area (Å²) < 4.78 is 27.7. The third kappa shape index (κ3) is 3.08. The predicted molar refractivity (Wildman–Crippen MR) is 69.1 cm³/mol. The van der Waals surface area contributed by atoms with Crippen LogP contribution in [0.5, 0.6) is 0 Å². The maximum Gasteiger partial charge on any atom is 0.144 e. The molecule has 2 nitrogen and oxygen atoms in total. The first-order valence-electron chi connectivity index (χ1n) is 6.07. The van der Waals surface area contributed by atoms with Crippen LogP contribution in [0, 0.1) is 17.6 Å². The van der Waals surface area contributed by atoms with Crippen molar-refractivity contribution < 1.29 is 13.9 Å². The van der Waals surface area contributed by atoms with Crippen LogP contribution in [0.3, 0.4) is 0 Å². The quantitative estimate of drug-likeness (QED) is 0.866. The van der Waals surface area contributed by atoms with Crippen LogP contribution >= 0.6 is 15.9 Å². The number of benzene rings is 1. The molecule has 5 heteroatoms. The Labute approximate surface area is 114 Å². The van der Waals surface area contributed by atoms with Crippen molar-refractivity contribution in [3.8, 4) is 0 Å². The van der Waals surface area contributed by atoms with Crippen molar-refractivity contribution in [2.24, 2.45) is 5.92 Å². The van der Waals surface area contributed by atoms with Crippen molar-refractivity contribution in [2.75, 3.05) is 19.7 Å². The lowest BCUT2D eigenvalue weighted by atomic mass is 9.97. The molecule has 0 bridgehead atoms. The van der Waals surface area contributed by atoms with E-state index in [0.29, 0.717) is 10.4 Å². The zero-order chi connectivity index (χ0) is 13.1. The summed E-state index contributed by atoms with van der Waals surface area (Å²) in [5, 5.41) is 9.05. The number of halogens is 3. The molecule has 0 aliphatic carbocycles. The van der Waals surface area contributed by atoms with Crippen LogP contribution in [-0.4, -0.2) is 29.7 Å². The van der Waals surface area contributed by atoms with Crippen LogP contribution in [0.2, 0.25) is 0 Å². The molecule has 1 aromatic carbocycles. The summed E-state index contributed by atoms with van der Waals surface area (Å²) in [6.07, 6.45) is 1.77. The molecular weight excluding hydrogens is 304 g/mol. The average Bonchev–Trinajstić information content (AvgIpc) is 2.40. The van der Waals surface area contributed by atoms with Crippen LogP contribution in [0.1, 0.15) is 18.4 Å². The summed E-state index contributed by atoms with van der Waals surface area (Å²) in [6.45, 7) is 2.04. The van der Waals surface area contributed by atoms with Gasteiger partial charge in [-0.15, -0.1) is 0 Å². The normalized spacial score (nSPS) is 18.2. The smallest absolute Gasteiger partial charge is 0.144 e. The Hall–Kier alpha value is -0.520. The fourth-order valence-electron chi connectivity index (χ4n) is 2.26. The van der Waals surface area contributed by atoms with E-state index in [0.717, 1.165) is 25.9 Å². The Kier molecular flexibility index (Phi) is 4.70. The second-order valence-corrected chi connectivity index (χ2v) is 5.58. The van der Waals surface area contributed by atoms with Gasteiger partial charge in [0.05, 0.1) is 4.47 Å². The maximum atomic E-state index is 13.8. The monoisotopic (exact) mass is 319 g/mol. The topological polar surface area (TPSA) is 23.5 Å². The van der Waals surface area contributed by atoms with E-state index >= 15 is 0 Å². The molecule has 1 saturated heterocycles. The summed E-state index contributed by atoms with van der Waals surface area (Å²) in [5.74, 6) is -0.683. The van der Waals surface area contributed by atoms with Crippen molar-refractivity contribution in [3.63, 3.8) is 0 Å². The van der Waals surface area contributed by atoms with Gasteiger partial charge >= 0.3 is 0 Å². The zero-order valence-electron chi connectivity index (χ0n) is 10.0. The van der Waals surface area contributed by atoms with E-state index in [1.165, 1.54) is 12.1 Å². The summed E-state index contributed by atoms with van der Waals surface area (Å²) in [6, 6.07) is 2.66. The Morgan fingerprint density at radius 3 is 2.56 bits per heavy atom. The van der Waals surface area contributed by atoms with E-state index in [1.807, 2.05) is 4.90 Å². The second kappa shape index (κ2) is 6.08. The van der Waals surface area contributed by atoms with Gasteiger partial charge in [0.25, 0.3) is 0 Å². The Bertz CT molecular complexity index is 420. The summed E-state index contributed by atoms with van der Waals surface area (Å²) in [5.41, 5.74) is 0.117. The van der Waals surface area contributed by atoms with Gasteiger partial charge in [-0.05, 0) is 59.9 Å². The lowest BCUT2D eigenvalue weighted by molar-refractivity contribution is 0.125. The van der Waals surface area contributed by atoms with E-state index in [9.17, 15) is 8.78 Å². The number of hydrogen-bond donors (Lipinski definition) is 1. The molecule has 1 aliphatic rings. The van der Waals surface area contributed by atoms with Crippen LogP contribution in [0.4, 0.5) is 8.78 Å². The highest BCUT2D eigenvalue weighted by Crippen LogP contribution is 2.25. The SMILES string of the molecule is OCC1CCN(Cc2c(F)ccc(Br)c2F)CC1. The molecule has 0 radical (unpaired) electrons. The van der Waals surface area contributed by atoms with Gasteiger partial charge in [-0.1, -0.05) is 0 Å². The number of hydrogen-bond acceptors (Lipinski definition) is 2. The van der Waals surface area contributed by atoms with Crippen molar-refractivity contribution in [3.05, 3.63) is 33.8 Å². The van der Waals surface area contributed by atoms with Crippen molar-refractivity contribution >= 4 is 15.9 Å². The lowest BCUT2D eigenvalue weighted by Crippen LogP contribution is -2.34. The van der Waals surface area contributed by atoms with E-state index in [2.05, 4.69) is 15.9 Å². The molecule has 0 atom stereocenters. The highest BCUT2D eigenvalue weighted by Gasteiger charge is 2.21. The van der Waals surface area contributed by atoms with Crippen LogP contribution < -0.4 is 0 Å². The standard InChI is InChI=1S/C13H16BrF2NO/c14-11-1-2-12(15)10(13(11)16)7-17-5-3-9(8-18)4-6-17/h1-2,9,18H,3-8H2. The van der Waals surface area contributed by atoms with E-state index in [4.69, 9.17) is 5.11 Å². The second-order valence-electron chi connectivity index (χ2n) is 4.72. The van der Waals surface area contributed by atoms with Gasteiger partial charge in [0.2, 0.25) is 0 Å². The molecule has 0 amide bonds. The van der Waals surface area contributed by atoms with Gasteiger partial charge in [0.1, 0.15) is 11.6 Å². The number of aliphatic hydroxyl groups is 1. The average molecular weight is 320 g/mol. The van der Waals surface area contributed by atoms with Crippen LogP contribution in [0.15, 0.2) is 16.6 Å². The third-order valence-electron chi connectivity index (χ3n) is 3.49. The highest BCUT2D eigenvalue weighted by atomic mass is 79.9. The molecule has 1 N–H and O–H groups in total. The molecule has 0 saturated carbocycles. The highest BCUT2D eigenvalue weighted by molar-refractivity contribution is 9.10. The molecule has 0 aromatic heterocycles. The van der Waals surface area contributed by atoms with E-state index in [-0.39, 0.29) is 18.7 Å². The molecule has 1 fully saturated rings. The predicted octanol–water partition coefficient (Wildman–Crippen LogP) is 2.93. The molecule has 100 valence electrons. The number of nitrogens with zero attached hydrogens (tertiary/aromatic N) is 1. The molecule has 18 heavy (non-hydrogen) atoms. The molecule has 0 spiro atoms. The number of aliphatic hydroxyl groups excluding tert-OH is 1. The fraction of sp³-hybridized carbons (Fsp3) is 0.538. The van der Waals surface area contributed by atoms with Crippen molar-refractivity contribution in [2.45, 2.75) is 19.4 Å². The first-order chi connectivity index (χ1) is 8.61. The molecule has 0 unspecified atom stereocenters. The van der Waals surface area contributed by atoms with Gasteiger partial charge in [-0.3, -0.25) is 4.90 Å². The van der Waals surface area contributed by atoms with Crippen LogP contribution in [-0.2, 0) is 6.54 Å². The lowest BCUT2D eigenvalue weighted by Gasteiger charge is -2.31. The van der Waals surface area contributed by atoms with Gasteiger partial charge < -0.3 is 5.11 Å². The zero-order valence-corrected chi connectivity index (χ0v) is 11.6. The number of rotatable bonds is 3. The van der Waals surface area contributed by atoms with E-state index in [1.54, 1.807) is 0 Å². The molecule has 1 aliphatic heterocycles. The van der Waals surface area contributed by atoms with E-state index < -0.39 is 11.6 Å². The molecular formula is C13H16BrF2NO. The summed E-state index contributed by atoms with van der Waals surface area (Å²) in [4.78, 5) is 2.03. The van der Waals surface area contributed by atoms with Crippen molar-refractivity contribution in [1.82, 2.24) is 4.90 Å². The molecule has 1 heterocycles. The molecule has 1 aromatic rings. The largest absolute Gasteiger partial charge is 0.396 e. The maximum absolute atomic E-state index is 13.8. The van der Waals surface area contributed by atoms with Gasteiger partial charge in [-0.25, -0.2) is 8.78 Å². The van der Waals surface area contributed by atoms with Gasteiger partial charge in [0, 0.05) is 18.7 Å². The number of likely N-dealkylation sites (tertiary alicyclic amines) is 1. The minimum atomic E-state index is -0.515. The Morgan fingerprint density at radius 2 is 1.94 bits per heavy atom. The minimum Gasteiger partial charge on any atom is -0.396 e. The molecule has 2 rings (SSSR count). The summed E-state index contributed by atoms with van der Waals surface area (Å²) >= 11 is 3.07. The van der Waals surface area contributed by atoms with Gasteiger partial charge in [-0.2, -0.15) is 0 Å². The minimum absolute atomic E-state index is 0.117. The first-order valence-corrected chi connectivity index (χ1v) is 6.86. The summed E-state index contributed by atoms with van der Waals surface area (Å²) in [7, 11) is 0. The van der Waals surface area contributed by atoms with Crippen LogP contribution in [0.25, 0.3) is 0 Å². The fourth-order valence-corrected chi connectivity index (χ4v) is 2.64. The Balaban J connectivity index is 2.04. The van der Waals surface area contributed by atoms with Crippen molar-refractivity contribution in [1.29, 1.82) is 0 Å². The Morgan fingerprint density at radius 1 is 1.28 bits per heavy atom. The number of piperidine rings is 1. The van der Waals surface area contributed by atoms with Gasteiger partial charge in [0.15, 0.2) is 0 Å².